The summed E-state index contributed by atoms with van der Waals surface area (Å²) >= 11 is -1.96. The summed E-state index contributed by atoms with van der Waals surface area (Å²) in [4.78, 5) is 10.3. The topological polar surface area (TPSA) is 66.4 Å². The minimum Gasteiger partial charge on any atom is -0.329 e. The van der Waals surface area contributed by atoms with Gasteiger partial charge in [0.2, 0.25) is 6.41 Å². The highest BCUT2D eigenvalue weighted by Gasteiger charge is 1.97. The fourth-order valence-electron chi connectivity index (χ4n) is 0.736. The third kappa shape index (κ3) is 2.14. The van der Waals surface area contributed by atoms with Gasteiger partial charge in [-0.25, -0.2) is 4.21 Å². The zero-order chi connectivity index (χ0) is 8.97. The van der Waals surface area contributed by atoms with Crippen LogP contribution in [0.4, 0.5) is 5.69 Å². The average Bonchev–Trinajstić information content (AvgIpc) is 2.06. The van der Waals surface area contributed by atoms with Gasteiger partial charge in [0.05, 0.1) is 4.90 Å². The Labute approximate surface area is 71.9 Å². The van der Waals surface area contributed by atoms with Crippen LogP contribution in [0.3, 0.4) is 0 Å². The van der Waals surface area contributed by atoms with E-state index in [0.717, 1.165) is 0 Å². The van der Waals surface area contributed by atoms with Crippen molar-refractivity contribution in [3.05, 3.63) is 24.3 Å². The molecule has 0 bridgehead atoms. The minimum atomic E-state index is -1.96. The van der Waals surface area contributed by atoms with E-state index in [9.17, 15) is 9.00 Å². The summed E-state index contributed by atoms with van der Waals surface area (Å²) in [5.41, 5.74) is 0.596. The number of carbonyl (C=O) groups is 1. The van der Waals surface area contributed by atoms with Gasteiger partial charge in [-0.1, -0.05) is 0 Å². The van der Waals surface area contributed by atoms with Crippen molar-refractivity contribution >= 4 is 23.2 Å². The van der Waals surface area contributed by atoms with Crippen LogP contribution in [0.25, 0.3) is 0 Å². The fraction of sp³-hybridized carbons (Fsp3) is 0. The summed E-state index contributed by atoms with van der Waals surface area (Å²) in [6.45, 7) is 0. The number of hydrogen-bond acceptors (Lipinski definition) is 2. The maximum atomic E-state index is 10.5. The number of benzene rings is 1. The van der Waals surface area contributed by atoms with Crippen LogP contribution in [0.1, 0.15) is 0 Å². The lowest BCUT2D eigenvalue weighted by molar-refractivity contribution is -0.105. The molecule has 2 N–H and O–H groups in total. The van der Waals surface area contributed by atoms with Crippen LogP contribution in [0, 0.1) is 0 Å². The highest BCUT2D eigenvalue weighted by molar-refractivity contribution is 7.79. The van der Waals surface area contributed by atoms with E-state index >= 15 is 0 Å². The molecule has 1 aromatic carbocycles. The van der Waals surface area contributed by atoms with Gasteiger partial charge in [-0.3, -0.25) is 4.79 Å². The van der Waals surface area contributed by atoms with Crippen LogP contribution >= 0.6 is 0 Å². The van der Waals surface area contributed by atoms with E-state index in [-0.39, 0.29) is 0 Å². The molecular formula is C7H7NO3S. The Balaban J connectivity index is 2.85. The second kappa shape index (κ2) is 3.99. The zero-order valence-corrected chi connectivity index (χ0v) is 6.88. The summed E-state index contributed by atoms with van der Waals surface area (Å²) in [5, 5.41) is 2.41. The number of hydrogen-bond donors (Lipinski definition) is 2. The van der Waals surface area contributed by atoms with Gasteiger partial charge in [0.25, 0.3) is 0 Å². The van der Waals surface area contributed by atoms with Gasteiger partial charge in [0.1, 0.15) is 0 Å². The maximum absolute atomic E-state index is 10.5. The molecule has 0 spiro atoms. The Kier molecular flexibility index (Phi) is 2.95. The molecule has 0 fully saturated rings. The van der Waals surface area contributed by atoms with Gasteiger partial charge in [-0.15, -0.1) is 0 Å². The quantitative estimate of drug-likeness (QED) is 0.541. The molecule has 1 atom stereocenters. The molecule has 0 aromatic heterocycles. The molecule has 1 unspecified atom stereocenters. The molecule has 0 saturated carbocycles. The number of carbonyl (C=O) groups excluding carboxylic acids is 1. The van der Waals surface area contributed by atoms with E-state index in [4.69, 9.17) is 4.55 Å². The molecule has 0 aliphatic heterocycles. The van der Waals surface area contributed by atoms with Crippen molar-refractivity contribution in [3.63, 3.8) is 0 Å². The van der Waals surface area contributed by atoms with Gasteiger partial charge in [-0.2, -0.15) is 0 Å². The number of anilines is 1. The summed E-state index contributed by atoms with van der Waals surface area (Å²) in [6.07, 6.45) is 0.547. The predicted octanol–water partition coefficient (Wildman–Crippen LogP) is 0.836. The third-order valence-corrected chi connectivity index (χ3v) is 1.96. The first-order valence-corrected chi connectivity index (χ1v) is 4.26. The molecule has 12 heavy (non-hydrogen) atoms. The third-order valence-electron chi connectivity index (χ3n) is 1.28. The first-order chi connectivity index (χ1) is 5.74. The van der Waals surface area contributed by atoms with Crippen molar-refractivity contribution in [2.24, 2.45) is 0 Å². The SMILES string of the molecule is O=CNc1ccc(S(=O)O)cc1. The molecule has 0 heterocycles. The lowest BCUT2D eigenvalue weighted by atomic mass is 10.3. The van der Waals surface area contributed by atoms with E-state index < -0.39 is 11.1 Å². The minimum absolute atomic E-state index is 0.312. The Hall–Kier alpha value is -1.20. The molecule has 4 nitrogen and oxygen atoms in total. The number of amides is 1. The second-order valence-corrected chi connectivity index (χ2v) is 3.01. The standard InChI is InChI=1S/C7H7NO3S/c9-5-8-6-1-3-7(4-2-6)12(10)11/h1-5H,(H,8,9)(H,10,11). The van der Waals surface area contributed by atoms with E-state index in [0.29, 0.717) is 17.0 Å². The van der Waals surface area contributed by atoms with Crippen LogP contribution in [-0.2, 0) is 15.9 Å². The molecule has 0 aliphatic carbocycles. The largest absolute Gasteiger partial charge is 0.329 e. The van der Waals surface area contributed by atoms with Crippen molar-refractivity contribution in [2.45, 2.75) is 4.90 Å². The molecule has 64 valence electrons. The van der Waals surface area contributed by atoms with Gasteiger partial charge < -0.3 is 9.87 Å². The fourth-order valence-corrected chi connectivity index (χ4v) is 1.10. The van der Waals surface area contributed by atoms with E-state index in [1.807, 2.05) is 0 Å². The first-order valence-electron chi connectivity index (χ1n) is 3.15. The van der Waals surface area contributed by atoms with Crippen LogP contribution in [0.2, 0.25) is 0 Å². The van der Waals surface area contributed by atoms with Crippen molar-refractivity contribution in [1.82, 2.24) is 0 Å². The monoisotopic (exact) mass is 185 g/mol. The van der Waals surface area contributed by atoms with E-state index in [1.54, 1.807) is 12.1 Å². The molecule has 1 aromatic rings. The van der Waals surface area contributed by atoms with Crippen molar-refractivity contribution in [3.8, 4) is 0 Å². The van der Waals surface area contributed by atoms with Gasteiger partial charge >= 0.3 is 0 Å². The van der Waals surface area contributed by atoms with E-state index in [1.165, 1.54) is 12.1 Å². The maximum Gasteiger partial charge on any atom is 0.211 e. The average molecular weight is 185 g/mol. The number of rotatable bonds is 3. The summed E-state index contributed by atoms with van der Waals surface area (Å²) in [7, 11) is 0. The van der Waals surface area contributed by atoms with Crippen molar-refractivity contribution in [2.75, 3.05) is 5.32 Å². The van der Waals surface area contributed by atoms with Crippen LogP contribution in [0.5, 0.6) is 0 Å². The Morgan fingerprint density at radius 1 is 1.33 bits per heavy atom. The molecule has 5 heteroatoms. The Morgan fingerprint density at radius 3 is 2.33 bits per heavy atom. The summed E-state index contributed by atoms with van der Waals surface area (Å²) < 4.78 is 19.1. The highest BCUT2D eigenvalue weighted by atomic mass is 32.2. The Morgan fingerprint density at radius 2 is 1.92 bits per heavy atom. The second-order valence-electron chi connectivity index (χ2n) is 2.04. The first kappa shape index (κ1) is 8.89. The zero-order valence-electron chi connectivity index (χ0n) is 6.06. The molecule has 1 rings (SSSR count). The molecule has 0 saturated heterocycles. The predicted molar refractivity (Wildman–Crippen MR) is 45.2 cm³/mol. The molecular weight excluding hydrogens is 178 g/mol. The van der Waals surface area contributed by atoms with E-state index in [2.05, 4.69) is 5.32 Å². The van der Waals surface area contributed by atoms with Gasteiger partial charge in [0.15, 0.2) is 11.1 Å². The van der Waals surface area contributed by atoms with Crippen LogP contribution in [-0.4, -0.2) is 15.2 Å². The van der Waals surface area contributed by atoms with Gasteiger partial charge in [-0.05, 0) is 24.3 Å². The lowest BCUT2D eigenvalue weighted by Gasteiger charge is -1.98. The van der Waals surface area contributed by atoms with Gasteiger partial charge in [0, 0.05) is 5.69 Å². The smallest absolute Gasteiger partial charge is 0.211 e. The van der Waals surface area contributed by atoms with Crippen LogP contribution in [0.15, 0.2) is 29.2 Å². The lowest BCUT2D eigenvalue weighted by Crippen LogP contribution is -1.94. The highest BCUT2D eigenvalue weighted by Crippen LogP contribution is 2.10. The molecule has 0 radical (unpaired) electrons. The summed E-state index contributed by atoms with van der Waals surface area (Å²) in [5.74, 6) is 0. The Bertz CT molecular complexity index is 296. The molecule has 0 aliphatic rings. The van der Waals surface area contributed by atoms with Crippen molar-refractivity contribution < 1.29 is 13.6 Å². The van der Waals surface area contributed by atoms with Crippen molar-refractivity contribution in [1.29, 1.82) is 0 Å². The summed E-state index contributed by atoms with van der Waals surface area (Å²) in [6, 6.07) is 6.06. The molecule has 1 amide bonds. The van der Waals surface area contributed by atoms with Crippen LogP contribution < -0.4 is 5.32 Å². The number of nitrogens with one attached hydrogen (secondary N) is 1. The normalized spacial score (nSPS) is 12.1.